The number of aromatic nitrogens is 2. The SMILES string of the molecule is Cc1ccccc1Nc1nnc(S[C@@H](C)C(=O)N2CCc3ccccc32)s1. The molecule has 27 heavy (non-hydrogen) atoms. The standard InChI is InChI=1S/C20H20N4OS2/c1-13-7-3-5-9-16(13)21-19-22-23-20(27-19)26-14(2)18(25)24-12-11-15-8-4-6-10-17(15)24/h3-10,14H,11-12H2,1-2H3,(H,21,22)/t14-/m0/s1. The molecule has 1 aromatic heterocycles. The van der Waals surface area contributed by atoms with Crippen molar-refractivity contribution in [2.24, 2.45) is 0 Å². The Labute approximate surface area is 166 Å². The summed E-state index contributed by atoms with van der Waals surface area (Å²) < 4.78 is 0.791. The molecule has 138 valence electrons. The quantitative estimate of drug-likeness (QED) is 0.636. The van der Waals surface area contributed by atoms with E-state index in [4.69, 9.17) is 0 Å². The van der Waals surface area contributed by atoms with Crippen molar-refractivity contribution in [3.05, 3.63) is 59.7 Å². The number of amides is 1. The highest BCUT2D eigenvalue weighted by Gasteiger charge is 2.28. The van der Waals surface area contributed by atoms with Gasteiger partial charge < -0.3 is 10.2 Å². The lowest BCUT2D eigenvalue weighted by Crippen LogP contribution is -2.35. The van der Waals surface area contributed by atoms with Crippen LogP contribution in [0.5, 0.6) is 0 Å². The van der Waals surface area contributed by atoms with E-state index in [9.17, 15) is 4.79 Å². The average Bonchev–Trinajstić information content (AvgIpc) is 3.30. The van der Waals surface area contributed by atoms with E-state index in [1.807, 2.05) is 61.2 Å². The van der Waals surface area contributed by atoms with E-state index in [-0.39, 0.29) is 11.2 Å². The number of carbonyl (C=O) groups excluding carboxylic acids is 1. The van der Waals surface area contributed by atoms with E-state index in [0.29, 0.717) is 0 Å². The van der Waals surface area contributed by atoms with Crippen LogP contribution in [0, 0.1) is 6.92 Å². The van der Waals surface area contributed by atoms with Gasteiger partial charge in [0.05, 0.1) is 5.25 Å². The Morgan fingerprint density at radius 2 is 1.96 bits per heavy atom. The summed E-state index contributed by atoms with van der Waals surface area (Å²) in [5.74, 6) is 0.119. The molecule has 0 fully saturated rings. The number of nitrogens with zero attached hydrogens (tertiary/aromatic N) is 3. The van der Waals surface area contributed by atoms with Crippen molar-refractivity contribution in [2.45, 2.75) is 29.9 Å². The van der Waals surface area contributed by atoms with Crippen LogP contribution in [0.1, 0.15) is 18.1 Å². The molecule has 0 bridgehead atoms. The minimum Gasteiger partial charge on any atom is -0.330 e. The Balaban J connectivity index is 1.42. The Bertz CT molecular complexity index is 972. The largest absolute Gasteiger partial charge is 0.330 e. The number of rotatable bonds is 5. The summed E-state index contributed by atoms with van der Waals surface area (Å²) in [4.78, 5) is 14.8. The molecule has 0 spiro atoms. The van der Waals surface area contributed by atoms with Gasteiger partial charge in [-0.05, 0) is 43.5 Å². The summed E-state index contributed by atoms with van der Waals surface area (Å²) in [6.07, 6.45) is 0.919. The van der Waals surface area contributed by atoms with Crippen molar-refractivity contribution in [3.8, 4) is 0 Å². The van der Waals surface area contributed by atoms with Crippen LogP contribution in [0.2, 0.25) is 0 Å². The van der Waals surface area contributed by atoms with E-state index in [1.54, 1.807) is 0 Å². The second kappa shape index (κ2) is 7.70. The van der Waals surface area contributed by atoms with Crippen LogP contribution in [-0.2, 0) is 11.2 Å². The zero-order chi connectivity index (χ0) is 18.8. The number of anilines is 3. The maximum atomic E-state index is 12.9. The lowest BCUT2D eigenvalue weighted by atomic mass is 10.2. The first kappa shape index (κ1) is 18.0. The lowest BCUT2D eigenvalue weighted by Gasteiger charge is -2.20. The molecular weight excluding hydrogens is 376 g/mol. The molecular formula is C20H20N4OS2. The molecule has 3 aromatic rings. The van der Waals surface area contributed by atoms with Crippen LogP contribution >= 0.6 is 23.1 Å². The lowest BCUT2D eigenvalue weighted by molar-refractivity contribution is -0.117. The summed E-state index contributed by atoms with van der Waals surface area (Å²) in [7, 11) is 0. The maximum Gasteiger partial charge on any atom is 0.240 e. The van der Waals surface area contributed by atoms with Crippen molar-refractivity contribution in [2.75, 3.05) is 16.8 Å². The zero-order valence-electron chi connectivity index (χ0n) is 15.2. The minimum absolute atomic E-state index is 0.119. The Hall–Kier alpha value is -2.38. The number of carbonyl (C=O) groups is 1. The molecule has 2 aromatic carbocycles. The number of nitrogens with one attached hydrogen (secondary N) is 1. The van der Waals surface area contributed by atoms with Crippen LogP contribution in [0.15, 0.2) is 52.9 Å². The van der Waals surface area contributed by atoms with Gasteiger partial charge in [-0.15, -0.1) is 10.2 Å². The van der Waals surface area contributed by atoms with Crippen molar-refractivity contribution in [1.82, 2.24) is 10.2 Å². The summed E-state index contributed by atoms with van der Waals surface area (Å²) >= 11 is 2.93. The predicted molar refractivity (Wildman–Crippen MR) is 112 cm³/mol. The van der Waals surface area contributed by atoms with Crippen molar-refractivity contribution in [3.63, 3.8) is 0 Å². The third-order valence-electron chi connectivity index (χ3n) is 4.57. The fraction of sp³-hybridized carbons (Fsp3) is 0.250. The van der Waals surface area contributed by atoms with Crippen LogP contribution < -0.4 is 10.2 Å². The van der Waals surface area contributed by atoms with Gasteiger partial charge in [-0.3, -0.25) is 4.79 Å². The fourth-order valence-electron chi connectivity index (χ4n) is 3.12. The molecule has 2 heterocycles. The van der Waals surface area contributed by atoms with Gasteiger partial charge in [0.2, 0.25) is 11.0 Å². The van der Waals surface area contributed by atoms with Gasteiger partial charge in [0.15, 0.2) is 4.34 Å². The van der Waals surface area contributed by atoms with Crippen molar-refractivity contribution < 1.29 is 4.79 Å². The summed E-state index contributed by atoms with van der Waals surface area (Å²) in [6.45, 7) is 4.73. The van der Waals surface area contributed by atoms with Gasteiger partial charge in [-0.2, -0.15) is 0 Å². The van der Waals surface area contributed by atoms with Gasteiger partial charge >= 0.3 is 0 Å². The number of fused-ring (bicyclic) bond motifs is 1. The molecule has 7 heteroatoms. The molecule has 1 N–H and O–H groups in total. The molecule has 1 aliphatic heterocycles. The fourth-order valence-corrected chi connectivity index (χ4v) is 5.09. The third-order valence-corrected chi connectivity index (χ3v) is 6.58. The maximum absolute atomic E-state index is 12.9. The average molecular weight is 397 g/mol. The van der Waals surface area contributed by atoms with E-state index in [1.165, 1.54) is 28.7 Å². The zero-order valence-corrected chi connectivity index (χ0v) is 16.8. The van der Waals surface area contributed by atoms with Crippen molar-refractivity contribution in [1.29, 1.82) is 0 Å². The van der Waals surface area contributed by atoms with Gasteiger partial charge in [-0.1, -0.05) is 59.5 Å². The van der Waals surface area contributed by atoms with Gasteiger partial charge in [-0.25, -0.2) is 0 Å². The first-order chi connectivity index (χ1) is 13.1. The second-order valence-corrected chi connectivity index (χ2v) is 9.01. The Morgan fingerprint density at radius 1 is 1.19 bits per heavy atom. The molecule has 0 radical (unpaired) electrons. The molecule has 1 aliphatic rings. The van der Waals surface area contributed by atoms with E-state index in [2.05, 4.69) is 21.6 Å². The number of hydrogen-bond donors (Lipinski definition) is 1. The second-order valence-electron chi connectivity index (χ2n) is 6.44. The molecule has 5 nitrogen and oxygen atoms in total. The first-order valence-corrected chi connectivity index (χ1v) is 10.5. The summed E-state index contributed by atoms with van der Waals surface area (Å²) in [6, 6.07) is 16.2. The number of benzene rings is 2. The van der Waals surface area contributed by atoms with Crippen LogP contribution in [0.3, 0.4) is 0 Å². The first-order valence-electron chi connectivity index (χ1n) is 8.84. The van der Waals surface area contributed by atoms with E-state index in [0.717, 1.165) is 39.4 Å². The molecule has 0 saturated carbocycles. The molecule has 1 amide bonds. The number of para-hydroxylation sites is 2. The topological polar surface area (TPSA) is 58.1 Å². The van der Waals surface area contributed by atoms with Gasteiger partial charge in [0.1, 0.15) is 0 Å². The van der Waals surface area contributed by atoms with Crippen LogP contribution in [0.25, 0.3) is 0 Å². The molecule has 1 atom stereocenters. The van der Waals surface area contributed by atoms with Gasteiger partial charge in [0, 0.05) is 17.9 Å². The number of thioether (sulfide) groups is 1. The monoisotopic (exact) mass is 396 g/mol. The highest BCUT2D eigenvalue weighted by molar-refractivity contribution is 8.02. The molecule has 0 aliphatic carbocycles. The summed E-state index contributed by atoms with van der Waals surface area (Å²) in [5, 5.41) is 12.3. The highest BCUT2D eigenvalue weighted by Crippen LogP contribution is 2.34. The predicted octanol–water partition coefficient (Wildman–Crippen LogP) is 4.66. The molecule has 0 unspecified atom stereocenters. The number of hydrogen-bond acceptors (Lipinski definition) is 6. The smallest absolute Gasteiger partial charge is 0.240 e. The number of aryl methyl sites for hydroxylation is 1. The van der Waals surface area contributed by atoms with Crippen LogP contribution in [0.4, 0.5) is 16.5 Å². The molecule has 4 rings (SSSR count). The Morgan fingerprint density at radius 3 is 2.81 bits per heavy atom. The highest BCUT2D eigenvalue weighted by atomic mass is 32.2. The third kappa shape index (κ3) is 3.84. The summed E-state index contributed by atoms with van der Waals surface area (Å²) in [5.41, 5.74) is 4.44. The van der Waals surface area contributed by atoms with Crippen LogP contribution in [-0.4, -0.2) is 27.9 Å². The van der Waals surface area contributed by atoms with E-state index < -0.39 is 0 Å². The minimum atomic E-state index is -0.213. The van der Waals surface area contributed by atoms with E-state index >= 15 is 0 Å². The van der Waals surface area contributed by atoms with Crippen molar-refractivity contribution >= 4 is 45.5 Å². The Kier molecular flexibility index (Phi) is 5.13. The normalized spacial score (nSPS) is 14.1. The van der Waals surface area contributed by atoms with Gasteiger partial charge in [0.25, 0.3) is 0 Å². The molecule has 0 saturated heterocycles.